The van der Waals surface area contributed by atoms with Gasteiger partial charge in [-0.25, -0.2) is 4.57 Å². The zero-order chi connectivity index (χ0) is 13.0. The van der Waals surface area contributed by atoms with Gasteiger partial charge in [-0.2, -0.15) is 0 Å². The van der Waals surface area contributed by atoms with Crippen molar-refractivity contribution in [1.82, 2.24) is 0 Å². The minimum Gasteiger partial charge on any atom is -0.303 e. The zero-order valence-corrected chi connectivity index (χ0v) is 22.0. The molecule has 0 atom stereocenters. The summed E-state index contributed by atoms with van der Waals surface area (Å²) in [7, 11) is -4.24. The number of unbranched alkanes of at least 4 members (excludes halogenated alkanes) is 9. The Morgan fingerprint density at radius 3 is 1.50 bits per heavy atom. The molecule has 0 radical (unpaired) electrons. The molecule has 0 aliphatic carbocycles. The van der Waals surface area contributed by atoms with Crippen molar-refractivity contribution in [3.05, 3.63) is 0 Å². The minimum atomic E-state index is -4.24. The maximum Gasteiger partial charge on any atom is 1.00 e. The van der Waals surface area contributed by atoms with Crippen LogP contribution in [0.5, 0.6) is 0 Å². The van der Waals surface area contributed by atoms with Gasteiger partial charge in [0.05, 0.1) is 6.61 Å². The molecule has 0 spiro atoms. The second kappa shape index (κ2) is 22.7. The Morgan fingerprint density at radius 2 is 1.15 bits per heavy atom. The van der Waals surface area contributed by atoms with Gasteiger partial charge in [-0.15, -0.1) is 0 Å². The monoisotopic (exact) mass is 351 g/mol. The van der Waals surface area contributed by atoms with Crippen LogP contribution in [0.3, 0.4) is 0 Å². The first-order valence-electron chi connectivity index (χ1n) is 6.76. The minimum absolute atomic E-state index is 0. The van der Waals surface area contributed by atoms with E-state index in [-0.39, 0.29) is 117 Å². The molecule has 0 unspecified atom stereocenters. The van der Waals surface area contributed by atoms with Gasteiger partial charge in [-0.05, 0) is 6.42 Å². The third-order valence-corrected chi connectivity index (χ3v) is 3.28. The van der Waals surface area contributed by atoms with E-state index in [1.165, 1.54) is 44.9 Å². The Balaban J connectivity index is -0.000000427. The van der Waals surface area contributed by atoms with Crippen molar-refractivity contribution in [2.24, 2.45) is 0 Å². The molecule has 0 aromatic heterocycles. The number of phosphoric ester groups is 1. The first-order valence-corrected chi connectivity index (χ1v) is 8.29. The maximum absolute atomic E-state index is 10.4. The van der Waals surface area contributed by atoms with E-state index in [1.807, 2.05) is 0 Å². The molecule has 0 aliphatic heterocycles. The Labute approximate surface area is 211 Å². The van der Waals surface area contributed by atoms with Crippen LogP contribution in [-0.4, -0.2) is 16.4 Å². The molecule has 4 nitrogen and oxygen atoms in total. The summed E-state index contributed by atoms with van der Waals surface area (Å²) in [5.41, 5.74) is 0. The maximum atomic E-state index is 10.4. The molecule has 104 valence electrons. The molecule has 2 N–H and O–H groups in total. The predicted octanol–water partition coefficient (Wildman–Crippen LogP) is -4.97. The summed E-state index contributed by atoms with van der Waals surface area (Å²) in [5.74, 6) is 0. The molecule has 0 aliphatic rings. The fraction of sp³-hybridized carbons (Fsp3) is 1.00. The van der Waals surface area contributed by atoms with Crippen LogP contribution in [0.15, 0.2) is 0 Å². The van der Waals surface area contributed by atoms with Crippen LogP contribution in [0.1, 0.15) is 71.1 Å². The van der Waals surface area contributed by atoms with Crippen LogP contribution >= 0.6 is 7.82 Å². The Morgan fingerprint density at radius 1 is 0.800 bits per heavy atom. The third kappa shape index (κ3) is 29.7. The standard InChI is InChI=1S/C12H27O4P.K.2Na/c1-2-3-4-5-6-7-8-9-10-11-12-16-17(13,14)15;;;/h2-12H2,1H3,(H2,13,14,15);;;/q;3*+1. The van der Waals surface area contributed by atoms with Gasteiger partial charge >= 0.3 is 118 Å². The van der Waals surface area contributed by atoms with E-state index < -0.39 is 7.82 Å². The van der Waals surface area contributed by atoms with E-state index in [9.17, 15) is 4.57 Å². The largest absolute Gasteiger partial charge is 1.00 e. The number of hydrogen-bond donors (Lipinski definition) is 2. The third-order valence-electron chi connectivity index (χ3n) is 2.76. The van der Waals surface area contributed by atoms with Gasteiger partial charge in [0.1, 0.15) is 0 Å². The van der Waals surface area contributed by atoms with Crippen LogP contribution in [-0.2, 0) is 9.09 Å². The first-order chi connectivity index (χ1) is 8.06. The average molecular weight is 351 g/mol. The van der Waals surface area contributed by atoms with Crippen LogP contribution in [0.4, 0.5) is 0 Å². The topological polar surface area (TPSA) is 66.8 Å². The van der Waals surface area contributed by atoms with Gasteiger partial charge in [0.15, 0.2) is 0 Å². The van der Waals surface area contributed by atoms with Crippen LogP contribution < -0.4 is 110 Å². The van der Waals surface area contributed by atoms with E-state index in [4.69, 9.17) is 9.79 Å². The summed E-state index contributed by atoms with van der Waals surface area (Å²) in [4.78, 5) is 16.9. The number of hydrogen-bond acceptors (Lipinski definition) is 2. The Hall–Kier alpha value is 3.75. The van der Waals surface area contributed by atoms with Gasteiger partial charge in [-0.3, -0.25) is 4.52 Å². The van der Waals surface area contributed by atoms with E-state index in [0.717, 1.165) is 19.3 Å². The average Bonchev–Trinajstić information content (AvgIpc) is 2.24. The van der Waals surface area contributed by atoms with Crippen molar-refractivity contribution < 1.29 is 129 Å². The van der Waals surface area contributed by atoms with Crippen LogP contribution in [0, 0.1) is 0 Å². The van der Waals surface area contributed by atoms with Crippen molar-refractivity contribution in [1.29, 1.82) is 0 Å². The van der Waals surface area contributed by atoms with E-state index in [1.54, 1.807) is 0 Å². The fourth-order valence-corrected chi connectivity index (χ4v) is 2.14. The Bertz CT molecular complexity index is 218. The molecular formula is C12H27KNa2O4P+3. The molecule has 0 aromatic rings. The van der Waals surface area contributed by atoms with Gasteiger partial charge < -0.3 is 9.79 Å². The summed E-state index contributed by atoms with van der Waals surface area (Å²) in [5, 5.41) is 0. The van der Waals surface area contributed by atoms with Crippen molar-refractivity contribution in [3.63, 3.8) is 0 Å². The van der Waals surface area contributed by atoms with E-state index >= 15 is 0 Å². The van der Waals surface area contributed by atoms with Crippen molar-refractivity contribution in [2.45, 2.75) is 71.1 Å². The SMILES string of the molecule is CCCCCCCCCCCCOP(=O)(O)O.[K+].[Na+].[Na+]. The van der Waals surface area contributed by atoms with Crippen LogP contribution in [0.2, 0.25) is 0 Å². The van der Waals surface area contributed by atoms with Crippen molar-refractivity contribution in [2.75, 3.05) is 6.61 Å². The zero-order valence-electron chi connectivity index (χ0n) is 13.9. The van der Waals surface area contributed by atoms with Gasteiger partial charge in [0.25, 0.3) is 0 Å². The Kier molecular flexibility index (Phi) is 35.8. The normalized spacial score (nSPS) is 10.2. The molecule has 0 fully saturated rings. The molecule has 0 rings (SSSR count). The molecule has 0 saturated heterocycles. The summed E-state index contributed by atoms with van der Waals surface area (Å²) in [6, 6.07) is 0. The molecule has 0 amide bonds. The van der Waals surface area contributed by atoms with Crippen molar-refractivity contribution in [3.8, 4) is 0 Å². The smallest absolute Gasteiger partial charge is 0.303 e. The molecule has 0 heterocycles. The quantitative estimate of drug-likeness (QED) is 0.210. The summed E-state index contributed by atoms with van der Waals surface area (Å²) >= 11 is 0. The van der Waals surface area contributed by atoms with Crippen molar-refractivity contribution >= 4 is 7.82 Å². The molecule has 0 bridgehead atoms. The summed E-state index contributed by atoms with van der Waals surface area (Å²) < 4.78 is 14.7. The number of rotatable bonds is 12. The second-order valence-electron chi connectivity index (χ2n) is 4.51. The van der Waals surface area contributed by atoms with E-state index in [0.29, 0.717) is 0 Å². The molecule has 20 heavy (non-hydrogen) atoms. The van der Waals surface area contributed by atoms with E-state index in [2.05, 4.69) is 11.4 Å². The second-order valence-corrected chi connectivity index (χ2v) is 5.75. The fourth-order valence-electron chi connectivity index (χ4n) is 1.77. The molecule has 0 saturated carbocycles. The number of phosphoric acid groups is 1. The molecular weight excluding hydrogens is 324 g/mol. The predicted molar refractivity (Wildman–Crippen MR) is 69.8 cm³/mol. The van der Waals surface area contributed by atoms with Crippen LogP contribution in [0.25, 0.3) is 0 Å². The van der Waals surface area contributed by atoms with Gasteiger partial charge in [0, 0.05) is 0 Å². The molecule has 8 heteroatoms. The summed E-state index contributed by atoms with van der Waals surface area (Å²) in [6.45, 7) is 2.39. The molecule has 0 aromatic carbocycles. The first kappa shape index (κ1) is 31.5. The van der Waals surface area contributed by atoms with Gasteiger partial charge in [0.2, 0.25) is 0 Å². The van der Waals surface area contributed by atoms with Gasteiger partial charge in [-0.1, -0.05) is 64.7 Å². The summed E-state index contributed by atoms with van der Waals surface area (Å²) in [6.07, 6.45) is 12.0.